The number of fused-ring (bicyclic) bond motifs is 1. The van der Waals surface area contributed by atoms with Gasteiger partial charge in [-0.25, -0.2) is 0 Å². The number of rotatable bonds is 7. The highest BCUT2D eigenvalue weighted by Gasteiger charge is 2.17. The molecular formula is C21H18ClN5O3. The van der Waals surface area contributed by atoms with Gasteiger partial charge in [-0.15, -0.1) is 10.2 Å². The molecule has 0 aliphatic heterocycles. The number of carbonyl (C=O) groups excluding carboxylic acids is 2. The zero-order valence-corrected chi connectivity index (χ0v) is 16.6. The molecule has 1 aromatic heterocycles. The summed E-state index contributed by atoms with van der Waals surface area (Å²) in [6, 6.07) is 15.7. The van der Waals surface area contributed by atoms with Gasteiger partial charge in [0, 0.05) is 18.4 Å². The summed E-state index contributed by atoms with van der Waals surface area (Å²) in [6.07, 6.45) is 0.915. The average Bonchev–Trinajstić information content (AvgIpc) is 3.02. The summed E-state index contributed by atoms with van der Waals surface area (Å²) in [5, 5.41) is 30.2. The van der Waals surface area contributed by atoms with Crippen LogP contribution in [0.15, 0.2) is 58.8 Å². The minimum absolute atomic E-state index is 0.134. The molecule has 3 rings (SSSR count). The maximum atomic E-state index is 12.1. The van der Waals surface area contributed by atoms with Gasteiger partial charge < -0.3 is 15.0 Å². The van der Waals surface area contributed by atoms with Crippen LogP contribution >= 0.6 is 11.6 Å². The van der Waals surface area contributed by atoms with Crippen molar-refractivity contribution in [2.75, 3.05) is 6.54 Å². The van der Waals surface area contributed by atoms with Gasteiger partial charge in [0.1, 0.15) is 6.54 Å². The molecule has 9 heteroatoms. The number of aryl methyl sites for hydroxylation is 1. The highest BCUT2D eigenvalue weighted by atomic mass is 35.5. The van der Waals surface area contributed by atoms with Crippen LogP contribution in [0, 0.1) is 11.3 Å². The number of unbranched alkanes of at least 4 members (excludes halogenated alkanes) is 1. The van der Waals surface area contributed by atoms with Gasteiger partial charge in [0.05, 0.1) is 22.2 Å². The Kier molecular flexibility index (Phi) is 6.78. The predicted octanol–water partition coefficient (Wildman–Crippen LogP) is 4.34. The number of nitrogens with one attached hydrogen (secondary N) is 1. The second kappa shape index (κ2) is 9.67. The van der Waals surface area contributed by atoms with Crippen molar-refractivity contribution >= 4 is 40.0 Å². The van der Waals surface area contributed by atoms with Gasteiger partial charge in [-0.1, -0.05) is 41.9 Å². The Hall–Kier alpha value is -3.70. The van der Waals surface area contributed by atoms with Crippen LogP contribution in [0.5, 0.6) is 5.88 Å². The number of nitriles is 1. The Morgan fingerprint density at radius 3 is 2.67 bits per heavy atom. The molecule has 2 amide bonds. The van der Waals surface area contributed by atoms with Crippen molar-refractivity contribution < 1.29 is 14.7 Å². The number of hydrogen-bond donors (Lipinski definition) is 2. The maximum absolute atomic E-state index is 12.1. The fraction of sp³-hybridized carbons (Fsp3) is 0.190. The number of benzene rings is 2. The monoisotopic (exact) mass is 423 g/mol. The lowest BCUT2D eigenvalue weighted by Crippen LogP contribution is -2.28. The molecule has 0 atom stereocenters. The minimum atomic E-state index is -0.684. The van der Waals surface area contributed by atoms with Crippen LogP contribution in [-0.2, 0) is 11.3 Å². The molecule has 8 nitrogen and oxygen atoms in total. The van der Waals surface area contributed by atoms with Crippen molar-refractivity contribution in [3.63, 3.8) is 0 Å². The standard InChI is InChI=1S/C21H18ClN5O3/c22-16-9-3-1-7-14(16)20(29)24-13-18(28)25-26-19-15-8-2-4-10-17(15)27(21(19)30)12-6-5-11-23/h1-4,7-10,30H,5-6,12-13H2,(H,24,29). The second-order valence-electron chi connectivity index (χ2n) is 6.36. The van der Waals surface area contributed by atoms with Gasteiger partial charge in [-0.3, -0.25) is 9.59 Å². The van der Waals surface area contributed by atoms with E-state index in [1.165, 1.54) is 0 Å². The molecule has 0 radical (unpaired) electrons. The molecule has 152 valence electrons. The van der Waals surface area contributed by atoms with E-state index in [1.807, 2.05) is 12.1 Å². The number of carbonyl (C=O) groups is 2. The van der Waals surface area contributed by atoms with E-state index >= 15 is 0 Å². The first-order chi connectivity index (χ1) is 14.5. The van der Waals surface area contributed by atoms with E-state index in [0.717, 1.165) is 5.52 Å². The molecule has 3 aromatic rings. The lowest BCUT2D eigenvalue weighted by atomic mass is 10.2. The Morgan fingerprint density at radius 1 is 1.17 bits per heavy atom. The molecule has 2 aromatic carbocycles. The summed E-state index contributed by atoms with van der Waals surface area (Å²) in [7, 11) is 0. The molecule has 0 saturated heterocycles. The number of amides is 2. The van der Waals surface area contributed by atoms with E-state index in [4.69, 9.17) is 16.9 Å². The summed E-state index contributed by atoms with van der Waals surface area (Å²) in [6.45, 7) is 0.0619. The van der Waals surface area contributed by atoms with Crippen LogP contribution in [0.3, 0.4) is 0 Å². The maximum Gasteiger partial charge on any atom is 0.283 e. The minimum Gasteiger partial charge on any atom is -0.493 e. The fourth-order valence-corrected chi connectivity index (χ4v) is 3.17. The number of aromatic hydroxyl groups is 1. The summed E-state index contributed by atoms with van der Waals surface area (Å²) >= 11 is 5.96. The molecule has 0 unspecified atom stereocenters. The van der Waals surface area contributed by atoms with Crippen LogP contribution in [0.4, 0.5) is 5.69 Å². The van der Waals surface area contributed by atoms with Crippen molar-refractivity contribution in [3.05, 3.63) is 59.1 Å². The van der Waals surface area contributed by atoms with E-state index in [1.54, 1.807) is 41.0 Å². The molecule has 0 bridgehead atoms. The fourth-order valence-electron chi connectivity index (χ4n) is 2.95. The van der Waals surface area contributed by atoms with Crippen LogP contribution in [0.2, 0.25) is 5.02 Å². The highest BCUT2D eigenvalue weighted by molar-refractivity contribution is 6.33. The molecule has 30 heavy (non-hydrogen) atoms. The average molecular weight is 424 g/mol. The lowest BCUT2D eigenvalue weighted by molar-refractivity contribution is -0.117. The van der Waals surface area contributed by atoms with Crippen LogP contribution in [0.25, 0.3) is 10.9 Å². The molecule has 0 aliphatic carbocycles. The normalized spacial score (nSPS) is 10.9. The number of hydrogen-bond acceptors (Lipinski definition) is 5. The SMILES string of the molecule is N#CCCCn1c(O)c(N=NC(=O)CNC(=O)c2ccccc2Cl)c2ccccc21. The van der Waals surface area contributed by atoms with Crippen molar-refractivity contribution in [1.82, 2.24) is 9.88 Å². The van der Waals surface area contributed by atoms with Gasteiger partial charge in [0.25, 0.3) is 11.8 Å². The Balaban J connectivity index is 1.73. The first kappa shape index (κ1) is 21.0. The van der Waals surface area contributed by atoms with Gasteiger partial charge in [0.15, 0.2) is 5.69 Å². The number of halogens is 1. The van der Waals surface area contributed by atoms with Crippen molar-refractivity contribution in [1.29, 1.82) is 5.26 Å². The smallest absolute Gasteiger partial charge is 0.283 e. The Labute approximate surface area is 177 Å². The third-order valence-corrected chi connectivity index (χ3v) is 4.70. The lowest BCUT2D eigenvalue weighted by Gasteiger charge is -2.04. The summed E-state index contributed by atoms with van der Waals surface area (Å²) in [5.74, 6) is -1.32. The molecule has 0 fully saturated rings. The molecule has 0 spiro atoms. The van der Waals surface area contributed by atoms with Gasteiger partial charge in [-0.2, -0.15) is 5.26 Å². The van der Waals surface area contributed by atoms with Gasteiger partial charge in [-0.05, 0) is 24.6 Å². The summed E-state index contributed by atoms with van der Waals surface area (Å²) in [5.41, 5.74) is 1.14. The quantitative estimate of drug-likeness (QED) is 0.433. The van der Waals surface area contributed by atoms with E-state index in [0.29, 0.717) is 24.8 Å². The zero-order valence-electron chi connectivity index (χ0n) is 15.9. The van der Waals surface area contributed by atoms with E-state index in [2.05, 4.69) is 21.6 Å². The number of aromatic nitrogens is 1. The first-order valence-electron chi connectivity index (χ1n) is 9.17. The highest BCUT2D eigenvalue weighted by Crippen LogP contribution is 2.38. The number of nitrogens with zero attached hydrogens (tertiary/aromatic N) is 4. The molecular weight excluding hydrogens is 406 g/mol. The van der Waals surface area contributed by atoms with Crippen LogP contribution in [-0.4, -0.2) is 28.0 Å². The van der Waals surface area contributed by atoms with E-state index in [-0.39, 0.29) is 28.7 Å². The van der Waals surface area contributed by atoms with E-state index in [9.17, 15) is 14.7 Å². The molecule has 1 heterocycles. The number of azo groups is 1. The second-order valence-corrected chi connectivity index (χ2v) is 6.77. The summed E-state index contributed by atoms with van der Waals surface area (Å²) in [4.78, 5) is 24.2. The predicted molar refractivity (Wildman–Crippen MR) is 112 cm³/mol. The topological polar surface area (TPSA) is 120 Å². The Bertz CT molecular complexity index is 1160. The third kappa shape index (κ3) is 4.64. The third-order valence-electron chi connectivity index (χ3n) is 4.37. The zero-order chi connectivity index (χ0) is 21.5. The van der Waals surface area contributed by atoms with Gasteiger partial charge in [0.2, 0.25) is 5.88 Å². The van der Waals surface area contributed by atoms with Crippen molar-refractivity contribution in [2.45, 2.75) is 19.4 Å². The summed E-state index contributed by atoms with van der Waals surface area (Å²) < 4.78 is 1.63. The van der Waals surface area contributed by atoms with Gasteiger partial charge >= 0.3 is 0 Å². The Morgan fingerprint density at radius 2 is 1.90 bits per heavy atom. The van der Waals surface area contributed by atoms with Crippen LogP contribution < -0.4 is 5.32 Å². The number of para-hydroxylation sites is 1. The van der Waals surface area contributed by atoms with E-state index < -0.39 is 11.8 Å². The van der Waals surface area contributed by atoms with Crippen molar-refractivity contribution in [2.24, 2.45) is 10.2 Å². The van der Waals surface area contributed by atoms with Crippen LogP contribution in [0.1, 0.15) is 23.2 Å². The largest absolute Gasteiger partial charge is 0.493 e. The molecule has 2 N–H and O–H groups in total. The molecule has 0 aliphatic rings. The first-order valence-corrected chi connectivity index (χ1v) is 9.55. The molecule has 0 saturated carbocycles. The van der Waals surface area contributed by atoms with Crippen molar-refractivity contribution in [3.8, 4) is 11.9 Å².